The number of hydrogen-bond acceptors (Lipinski definition) is 5. The molecule has 0 saturated heterocycles. The van der Waals surface area contributed by atoms with Gasteiger partial charge >= 0.3 is 0 Å². The van der Waals surface area contributed by atoms with Crippen LogP contribution in [0.4, 0.5) is 0 Å². The molecule has 0 aliphatic heterocycles. The van der Waals surface area contributed by atoms with Gasteiger partial charge in [0, 0.05) is 21.9 Å². The molecular formula is C21H14N4O2. The van der Waals surface area contributed by atoms with E-state index in [0.717, 1.165) is 27.6 Å². The zero-order valence-electron chi connectivity index (χ0n) is 14.1. The summed E-state index contributed by atoms with van der Waals surface area (Å²) in [6, 6.07) is 21.6. The third-order valence-corrected chi connectivity index (χ3v) is 4.53. The van der Waals surface area contributed by atoms with Crippen LogP contribution in [-0.2, 0) is 0 Å². The molecule has 0 saturated carbocycles. The van der Waals surface area contributed by atoms with Gasteiger partial charge in [0.1, 0.15) is 11.5 Å². The van der Waals surface area contributed by atoms with Crippen molar-refractivity contribution in [3.8, 4) is 34.1 Å². The summed E-state index contributed by atoms with van der Waals surface area (Å²) < 4.78 is 1.72. The molecule has 5 rings (SSSR count). The summed E-state index contributed by atoms with van der Waals surface area (Å²) in [5.41, 5.74) is 3.13. The van der Waals surface area contributed by atoms with E-state index in [1.807, 2.05) is 36.4 Å². The predicted octanol–water partition coefficient (Wildman–Crippen LogP) is 4.02. The summed E-state index contributed by atoms with van der Waals surface area (Å²) in [5.74, 6) is 0.991. The van der Waals surface area contributed by atoms with Crippen LogP contribution in [0.3, 0.4) is 0 Å². The van der Waals surface area contributed by atoms with Crippen molar-refractivity contribution in [1.82, 2.24) is 19.8 Å². The fraction of sp³-hybridized carbons (Fsp3) is 0. The van der Waals surface area contributed by atoms with Crippen LogP contribution in [0.2, 0.25) is 0 Å². The summed E-state index contributed by atoms with van der Waals surface area (Å²) in [7, 11) is 0. The van der Waals surface area contributed by atoms with E-state index in [4.69, 9.17) is 5.10 Å². The van der Waals surface area contributed by atoms with Crippen molar-refractivity contribution in [3.63, 3.8) is 0 Å². The van der Waals surface area contributed by atoms with Gasteiger partial charge in [-0.1, -0.05) is 24.3 Å². The number of phenolic OH excluding ortho intramolecular Hbond substituents is 2. The van der Waals surface area contributed by atoms with Gasteiger partial charge in [0.15, 0.2) is 11.5 Å². The van der Waals surface area contributed by atoms with E-state index in [-0.39, 0.29) is 11.5 Å². The minimum Gasteiger partial charge on any atom is -0.508 e. The second-order valence-corrected chi connectivity index (χ2v) is 6.25. The van der Waals surface area contributed by atoms with Gasteiger partial charge < -0.3 is 10.2 Å². The van der Waals surface area contributed by atoms with E-state index in [2.05, 4.69) is 10.2 Å². The van der Waals surface area contributed by atoms with Crippen molar-refractivity contribution in [1.29, 1.82) is 0 Å². The molecule has 0 bridgehead atoms. The molecule has 0 aliphatic rings. The number of rotatable bonds is 2. The topological polar surface area (TPSA) is 83.5 Å². The summed E-state index contributed by atoms with van der Waals surface area (Å²) >= 11 is 0. The summed E-state index contributed by atoms with van der Waals surface area (Å²) in [6.07, 6.45) is 0. The van der Waals surface area contributed by atoms with Gasteiger partial charge in [0.2, 0.25) is 0 Å². The summed E-state index contributed by atoms with van der Waals surface area (Å²) in [4.78, 5) is 0. The third kappa shape index (κ3) is 2.46. The number of hydrogen-bond donors (Lipinski definition) is 2. The van der Waals surface area contributed by atoms with Gasteiger partial charge in [0.05, 0.1) is 5.69 Å². The Labute approximate surface area is 154 Å². The van der Waals surface area contributed by atoms with Crippen molar-refractivity contribution >= 4 is 16.4 Å². The molecule has 0 atom stereocenters. The van der Waals surface area contributed by atoms with Gasteiger partial charge in [-0.2, -0.15) is 9.61 Å². The molecule has 0 fully saturated rings. The molecule has 6 heteroatoms. The highest BCUT2D eigenvalue weighted by Gasteiger charge is 2.16. The largest absolute Gasteiger partial charge is 0.508 e. The average molecular weight is 354 g/mol. The predicted molar refractivity (Wildman–Crippen MR) is 102 cm³/mol. The summed E-state index contributed by atoms with van der Waals surface area (Å²) in [6.45, 7) is 0. The van der Waals surface area contributed by atoms with Crippen LogP contribution >= 0.6 is 0 Å². The molecule has 0 radical (unpaired) electrons. The zero-order chi connectivity index (χ0) is 18.4. The number of benzene rings is 3. The molecule has 2 aromatic heterocycles. The summed E-state index contributed by atoms with van der Waals surface area (Å²) in [5, 5.41) is 34.5. The minimum absolute atomic E-state index is 0.191. The molecule has 0 aliphatic carbocycles. The Morgan fingerprint density at radius 1 is 0.630 bits per heavy atom. The van der Waals surface area contributed by atoms with E-state index >= 15 is 0 Å². The number of fused-ring (bicyclic) bond motifs is 3. The van der Waals surface area contributed by atoms with Crippen LogP contribution in [0, 0.1) is 0 Å². The number of aromatic hydroxyl groups is 2. The molecule has 0 amide bonds. The van der Waals surface area contributed by atoms with Crippen molar-refractivity contribution in [2.24, 2.45) is 0 Å². The molecule has 27 heavy (non-hydrogen) atoms. The highest BCUT2D eigenvalue weighted by molar-refractivity contribution is 6.01. The normalized spacial score (nSPS) is 11.3. The maximum atomic E-state index is 9.60. The first-order valence-corrected chi connectivity index (χ1v) is 8.44. The van der Waals surface area contributed by atoms with Gasteiger partial charge in [-0.3, -0.25) is 0 Å². The second-order valence-electron chi connectivity index (χ2n) is 6.25. The maximum absolute atomic E-state index is 9.60. The first kappa shape index (κ1) is 15.3. The second kappa shape index (κ2) is 5.81. The van der Waals surface area contributed by atoms with Crippen LogP contribution in [0.5, 0.6) is 11.5 Å². The zero-order valence-corrected chi connectivity index (χ0v) is 14.1. The first-order chi connectivity index (χ1) is 13.2. The van der Waals surface area contributed by atoms with Crippen LogP contribution in [-0.4, -0.2) is 30.0 Å². The quantitative estimate of drug-likeness (QED) is 0.500. The molecule has 3 aromatic carbocycles. The standard InChI is InChI=1S/C21H14N4O2/c26-15-9-5-13(6-10-15)19-17-3-1-2-4-18(17)21-23-22-20(25(21)24-19)14-7-11-16(27)12-8-14/h1-12,26-27H. The fourth-order valence-electron chi connectivity index (χ4n) is 3.20. The molecule has 6 nitrogen and oxygen atoms in total. The number of phenols is 2. The lowest BCUT2D eigenvalue weighted by atomic mass is 10.0. The van der Waals surface area contributed by atoms with Gasteiger partial charge in [-0.05, 0) is 48.5 Å². The monoisotopic (exact) mass is 354 g/mol. The smallest absolute Gasteiger partial charge is 0.186 e. The maximum Gasteiger partial charge on any atom is 0.186 e. The van der Waals surface area contributed by atoms with E-state index in [1.54, 1.807) is 40.9 Å². The highest BCUT2D eigenvalue weighted by atomic mass is 16.3. The van der Waals surface area contributed by atoms with Crippen molar-refractivity contribution in [2.75, 3.05) is 0 Å². The molecule has 2 heterocycles. The fourth-order valence-corrected chi connectivity index (χ4v) is 3.20. The van der Waals surface area contributed by atoms with E-state index in [1.165, 1.54) is 0 Å². The lowest BCUT2D eigenvalue weighted by Gasteiger charge is -2.09. The van der Waals surface area contributed by atoms with Crippen LogP contribution in [0.1, 0.15) is 0 Å². The lowest BCUT2D eigenvalue weighted by Crippen LogP contribution is -1.99. The Balaban J connectivity index is 1.84. The van der Waals surface area contributed by atoms with Crippen LogP contribution < -0.4 is 0 Å². The molecule has 0 unspecified atom stereocenters. The number of nitrogens with zero attached hydrogens (tertiary/aromatic N) is 4. The Morgan fingerprint density at radius 3 is 1.89 bits per heavy atom. The van der Waals surface area contributed by atoms with Crippen molar-refractivity contribution in [2.45, 2.75) is 0 Å². The Morgan fingerprint density at radius 2 is 1.22 bits per heavy atom. The molecule has 2 N–H and O–H groups in total. The Kier molecular flexibility index (Phi) is 3.30. The third-order valence-electron chi connectivity index (χ3n) is 4.53. The number of aromatic nitrogens is 4. The highest BCUT2D eigenvalue weighted by Crippen LogP contribution is 2.31. The minimum atomic E-state index is 0.191. The van der Waals surface area contributed by atoms with E-state index in [9.17, 15) is 10.2 Å². The SMILES string of the molecule is Oc1ccc(-c2nn3c(-c4ccc(O)cc4)nnc3c3ccccc23)cc1. The van der Waals surface area contributed by atoms with Crippen molar-refractivity contribution in [3.05, 3.63) is 72.8 Å². The van der Waals surface area contributed by atoms with Crippen LogP contribution in [0.25, 0.3) is 39.1 Å². The lowest BCUT2D eigenvalue weighted by molar-refractivity contribution is 0.475. The van der Waals surface area contributed by atoms with Gasteiger partial charge in [0.25, 0.3) is 0 Å². The van der Waals surface area contributed by atoms with Crippen molar-refractivity contribution < 1.29 is 10.2 Å². The Hall–Kier alpha value is -3.93. The van der Waals surface area contributed by atoms with Gasteiger partial charge in [-0.25, -0.2) is 0 Å². The van der Waals surface area contributed by atoms with E-state index in [0.29, 0.717) is 11.5 Å². The first-order valence-electron chi connectivity index (χ1n) is 8.44. The molecule has 0 spiro atoms. The molecular weight excluding hydrogens is 340 g/mol. The van der Waals surface area contributed by atoms with E-state index < -0.39 is 0 Å². The molecule has 130 valence electrons. The molecule has 5 aromatic rings. The Bertz CT molecular complexity index is 1280. The van der Waals surface area contributed by atoms with Crippen LogP contribution in [0.15, 0.2) is 72.8 Å². The average Bonchev–Trinajstić information content (AvgIpc) is 3.13. The van der Waals surface area contributed by atoms with Gasteiger partial charge in [-0.15, -0.1) is 10.2 Å².